The van der Waals surface area contributed by atoms with E-state index in [1.54, 1.807) is 42.5 Å². The summed E-state index contributed by atoms with van der Waals surface area (Å²) in [6.45, 7) is 2.61. The third-order valence-electron chi connectivity index (χ3n) is 4.43. The first kappa shape index (κ1) is 24.8. The normalized spacial score (nSPS) is 11.1. The Morgan fingerprint density at radius 1 is 1.06 bits per heavy atom. The second kappa shape index (κ2) is 11.9. The minimum absolute atomic E-state index is 0.245. The first-order valence-corrected chi connectivity index (χ1v) is 11.9. The van der Waals surface area contributed by atoms with E-state index < -0.39 is 11.9 Å². The van der Waals surface area contributed by atoms with E-state index in [0.29, 0.717) is 35.8 Å². The molecular weight excluding hydrogens is 601 g/mol. The summed E-state index contributed by atoms with van der Waals surface area (Å²) in [6.07, 6.45) is 1.39. The average Bonchev–Trinajstić information content (AvgIpc) is 2.79. The molecule has 0 saturated heterocycles. The van der Waals surface area contributed by atoms with E-state index >= 15 is 0 Å². The van der Waals surface area contributed by atoms with Crippen molar-refractivity contribution in [2.45, 2.75) is 13.5 Å². The average molecular weight is 622 g/mol. The lowest BCUT2D eigenvalue weighted by Crippen LogP contribution is -2.27. The molecule has 0 saturated carbocycles. The first-order chi connectivity index (χ1) is 15.9. The largest absolute Gasteiger partial charge is 0.490 e. The highest BCUT2D eigenvalue weighted by molar-refractivity contribution is 14.1. The van der Waals surface area contributed by atoms with Crippen LogP contribution in [0.4, 0.5) is 0 Å². The Labute approximate surface area is 213 Å². The van der Waals surface area contributed by atoms with Crippen LogP contribution in [-0.2, 0) is 11.4 Å². The summed E-state index contributed by atoms with van der Waals surface area (Å²) in [7, 11) is 0. The Bertz CT molecular complexity index is 1180. The lowest BCUT2D eigenvalue weighted by Gasteiger charge is -2.15. The number of hydrogen-bond donors (Lipinski definition) is 2. The molecule has 3 rings (SSSR count). The number of carbonyl (C=O) groups is 2. The fourth-order valence-corrected chi connectivity index (χ4v) is 4.19. The minimum atomic E-state index is -1.25. The van der Waals surface area contributed by atoms with Crippen LogP contribution in [0.3, 0.4) is 0 Å². The molecule has 6 nitrogen and oxygen atoms in total. The van der Waals surface area contributed by atoms with Crippen LogP contribution in [0.2, 0.25) is 0 Å². The number of rotatable bonds is 9. The topological polar surface area (TPSA) is 84.9 Å². The Morgan fingerprint density at radius 2 is 1.82 bits per heavy atom. The Kier molecular flexibility index (Phi) is 8.90. The van der Waals surface area contributed by atoms with Gasteiger partial charge < -0.3 is 19.9 Å². The number of carboxylic acid groups (broad SMARTS) is 1. The summed E-state index contributed by atoms with van der Waals surface area (Å²) < 4.78 is 13.5. The van der Waals surface area contributed by atoms with Gasteiger partial charge in [0, 0.05) is 10.0 Å². The quantitative estimate of drug-likeness (QED) is 0.230. The molecule has 0 aliphatic rings. The molecule has 0 bridgehead atoms. The smallest absolute Gasteiger partial charge is 0.352 e. The highest BCUT2D eigenvalue weighted by Gasteiger charge is 2.16. The SMILES string of the molecule is CCOc1cc(/C=C(/NC(=O)c2ccccc2)C(=O)O)cc(I)c1OCc1cccc(Br)c1. The van der Waals surface area contributed by atoms with Crippen LogP contribution in [0.1, 0.15) is 28.4 Å². The van der Waals surface area contributed by atoms with Gasteiger partial charge in [0.1, 0.15) is 12.3 Å². The molecule has 33 heavy (non-hydrogen) atoms. The number of hydrogen-bond acceptors (Lipinski definition) is 4. The highest BCUT2D eigenvalue weighted by Crippen LogP contribution is 2.35. The number of aliphatic carboxylic acids is 1. The Balaban J connectivity index is 1.87. The number of carboxylic acids is 1. The lowest BCUT2D eigenvalue weighted by molar-refractivity contribution is -0.132. The van der Waals surface area contributed by atoms with Gasteiger partial charge in [-0.2, -0.15) is 0 Å². The van der Waals surface area contributed by atoms with Crippen molar-refractivity contribution in [1.29, 1.82) is 0 Å². The van der Waals surface area contributed by atoms with Gasteiger partial charge in [0.05, 0.1) is 10.2 Å². The summed E-state index contributed by atoms with van der Waals surface area (Å²) in [5.41, 5.74) is 1.67. The van der Waals surface area contributed by atoms with Crippen LogP contribution >= 0.6 is 38.5 Å². The molecule has 8 heteroatoms. The van der Waals surface area contributed by atoms with Crippen molar-refractivity contribution in [2.75, 3.05) is 6.61 Å². The zero-order valence-electron chi connectivity index (χ0n) is 17.7. The summed E-state index contributed by atoms with van der Waals surface area (Å²) in [5.74, 6) is -0.690. The molecule has 0 spiro atoms. The number of ether oxygens (including phenoxy) is 2. The van der Waals surface area contributed by atoms with Gasteiger partial charge in [0.2, 0.25) is 0 Å². The van der Waals surface area contributed by atoms with E-state index in [0.717, 1.165) is 13.6 Å². The van der Waals surface area contributed by atoms with Crippen LogP contribution in [0.5, 0.6) is 11.5 Å². The second-order valence-electron chi connectivity index (χ2n) is 6.86. The van der Waals surface area contributed by atoms with Gasteiger partial charge in [-0.15, -0.1) is 0 Å². The van der Waals surface area contributed by atoms with E-state index in [9.17, 15) is 14.7 Å². The fraction of sp³-hybridized carbons (Fsp3) is 0.120. The van der Waals surface area contributed by atoms with Crippen LogP contribution < -0.4 is 14.8 Å². The summed E-state index contributed by atoms with van der Waals surface area (Å²) in [5, 5.41) is 12.1. The molecule has 0 aromatic heterocycles. The third-order valence-corrected chi connectivity index (χ3v) is 5.72. The maximum Gasteiger partial charge on any atom is 0.352 e. The lowest BCUT2D eigenvalue weighted by atomic mass is 10.1. The van der Waals surface area contributed by atoms with Gasteiger partial charge in [0.15, 0.2) is 11.5 Å². The zero-order chi connectivity index (χ0) is 23.8. The van der Waals surface area contributed by atoms with Gasteiger partial charge in [-0.05, 0) is 83.1 Å². The fourth-order valence-electron chi connectivity index (χ4n) is 2.96. The standard InChI is InChI=1S/C25H21BrINO5/c1-2-32-22-14-17(12-20(27)23(22)33-15-16-7-6-10-19(26)11-16)13-21(25(30)31)28-24(29)18-8-4-3-5-9-18/h3-14H,2,15H2,1H3,(H,28,29)(H,30,31)/b21-13+. The summed E-state index contributed by atoms with van der Waals surface area (Å²) in [6, 6.07) is 19.7. The molecule has 3 aromatic rings. The van der Waals surface area contributed by atoms with E-state index in [1.165, 1.54) is 6.08 Å². The van der Waals surface area contributed by atoms with Crippen molar-refractivity contribution >= 4 is 56.5 Å². The molecule has 0 fully saturated rings. The maximum absolute atomic E-state index is 12.4. The Hall–Kier alpha value is -2.85. The van der Waals surface area contributed by atoms with Gasteiger partial charge in [-0.3, -0.25) is 4.79 Å². The third kappa shape index (κ3) is 7.06. The van der Waals surface area contributed by atoms with Crippen LogP contribution in [0.15, 0.2) is 76.9 Å². The molecule has 0 unspecified atom stereocenters. The molecule has 0 atom stereocenters. The highest BCUT2D eigenvalue weighted by atomic mass is 127. The van der Waals surface area contributed by atoms with Crippen molar-refractivity contribution < 1.29 is 24.2 Å². The number of benzene rings is 3. The first-order valence-electron chi connectivity index (χ1n) is 10.0. The number of carbonyl (C=O) groups excluding carboxylic acids is 1. The van der Waals surface area contributed by atoms with Crippen molar-refractivity contribution in [2.24, 2.45) is 0 Å². The molecule has 0 radical (unpaired) electrons. The van der Waals surface area contributed by atoms with E-state index in [-0.39, 0.29) is 5.70 Å². The number of nitrogens with one attached hydrogen (secondary N) is 1. The van der Waals surface area contributed by atoms with Gasteiger partial charge in [0.25, 0.3) is 5.91 Å². The number of amides is 1. The van der Waals surface area contributed by atoms with Gasteiger partial charge >= 0.3 is 5.97 Å². The predicted molar refractivity (Wildman–Crippen MR) is 138 cm³/mol. The number of halogens is 2. The maximum atomic E-state index is 12.4. The van der Waals surface area contributed by atoms with E-state index in [2.05, 4.69) is 43.8 Å². The van der Waals surface area contributed by atoms with Gasteiger partial charge in [-0.25, -0.2) is 4.79 Å². The predicted octanol–water partition coefficient (Wildman–Crippen LogP) is 5.89. The summed E-state index contributed by atoms with van der Waals surface area (Å²) in [4.78, 5) is 24.2. The summed E-state index contributed by atoms with van der Waals surface area (Å²) >= 11 is 5.57. The molecule has 1 amide bonds. The van der Waals surface area contributed by atoms with Crippen molar-refractivity contribution in [3.05, 3.63) is 97.2 Å². The van der Waals surface area contributed by atoms with Crippen LogP contribution in [-0.4, -0.2) is 23.6 Å². The molecular formula is C25H21BrINO5. The molecule has 0 heterocycles. The van der Waals surface area contributed by atoms with Crippen molar-refractivity contribution in [3.8, 4) is 11.5 Å². The molecule has 0 aliphatic heterocycles. The monoisotopic (exact) mass is 621 g/mol. The zero-order valence-corrected chi connectivity index (χ0v) is 21.4. The van der Waals surface area contributed by atoms with Crippen LogP contribution in [0, 0.1) is 3.57 Å². The minimum Gasteiger partial charge on any atom is -0.490 e. The van der Waals surface area contributed by atoms with E-state index in [4.69, 9.17) is 9.47 Å². The molecule has 170 valence electrons. The van der Waals surface area contributed by atoms with Crippen molar-refractivity contribution in [1.82, 2.24) is 5.32 Å². The van der Waals surface area contributed by atoms with Crippen LogP contribution in [0.25, 0.3) is 6.08 Å². The molecule has 0 aliphatic carbocycles. The molecule has 3 aromatic carbocycles. The van der Waals surface area contributed by atoms with Gasteiger partial charge in [-0.1, -0.05) is 46.3 Å². The Morgan fingerprint density at radius 3 is 2.48 bits per heavy atom. The van der Waals surface area contributed by atoms with E-state index in [1.807, 2.05) is 31.2 Å². The molecule has 2 N–H and O–H groups in total. The van der Waals surface area contributed by atoms with Crippen molar-refractivity contribution in [3.63, 3.8) is 0 Å². The second-order valence-corrected chi connectivity index (χ2v) is 8.94.